The van der Waals surface area contributed by atoms with Crippen molar-refractivity contribution in [3.05, 3.63) is 35.1 Å². The molecule has 0 spiro atoms. The van der Waals surface area contributed by atoms with E-state index in [2.05, 4.69) is 10.6 Å². The van der Waals surface area contributed by atoms with Gasteiger partial charge in [0.25, 0.3) is 0 Å². The maximum absolute atomic E-state index is 13.0. The van der Waals surface area contributed by atoms with Crippen molar-refractivity contribution in [1.82, 2.24) is 5.53 Å². The molecule has 5 N–H and O–H groups in total. The van der Waals surface area contributed by atoms with Crippen molar-refractivity contribution in [2.75, 3.05) is 0 Å². The van der Waals surface area contributed by atoms with Gasteiger partial charge in [0, 0.05) is 5.56 Å². The lowest BCUT2D eigenvalue weighted by Gasteiger charge is -2.12. The Morgan fingerprint density at radius 1 is 1.47 bits per heavy atom. The molecule has 4 nitrogen and oxygen atoms in total. The van der Waals surface area contributed by atoms with Crippen LogP contribution in [0.2, 0.25) is 0 Å². The number of amidine groups is 1. The largest absolute Gasteiger partial charge is 0.382 e. The predicted molar refractivity (Wildman–Crippen MR) is 58.5 cm³/mol. The van der Waals surface area contributed by atoms with E-state index >= 15 is 0 Å². The average Bonchev–Trinajstić information content (AvgIpc) is 2.17. The molecule has 0 heterocycles. The molecule has 0 atom stereocenters. The molecule has 0 aromatic heterocycles. The normalized spacial score (nSPS) is 11.9. The second kappa shape index (κ2) is 4.75. The van der Waals surface area contributed by atoms with Gasteiger partial charge < -0.3 is 5.73 Å². The molecule has 0 saturated heterocycles. The van der Waals surface area contributed by atoms with E-state index in [0.717, 1.165) is 5.56 Å². The molecule has 0 aliphatic heterocycles. The van der Waals surface area contributed by atoms with Crippen LogP contribution in [-0.2, 0) is 0 Å². The van der Waals surface area contributed by atoms with Gasteiger partial charge in [-0.3, -0.25) is 0 Å². The number of benzene rings is 1. The highest BCUT2D eigenvalue weighted by Gasteiger charge is 2.10. The van der Waals surface area contributed by atoms with Gasteiger partial charge in [0.1, 0.15) is 5.82 Å². The van der Waals surface area contributed by atoms with E-state index in [1.54, 1.807) is 6.07 Å². The van der Waals surface area contributed by atoms with Crippen LogP contribution in [0.15, 0.2) is 23.3 Å². The average molecular weight is 210 g/mol. The van der Waals surface area contributed by atoms with E-state index in [4.69, 9.17) is 11.6 Å². The fourth-order valence-corrected chi connectivity index (χ4v) is 1.37. The summed E-state index contributed by atoms with van der Waals surface area (Å²) in [4.78, 5) is 0. The van der Waals surface area contributed by atoms with Crippen LogP contribution >= 0.6 is 0 Å². The standard InChI is InChI=1S/C10H15FN4/c1-6(2)9-5-7(11)3-4-8(9)10(12)14-15-13/h3-6,15H,13H2,1-2H3,(H2,12,14). The molecule has 0 saturated carbocycles. The first-order chi connectivity index (χ1) is 7.06. The molecule has 0 amide bonds. The van der Waals surface area contributed by atoms with Gasteiger partial charge in [-0.05, 0) is 29.7 Å². The lowest BCUT2D eigenvalue weighted by molar-refractivity contribution is 0.623. The molecule has 0 bridgehead atoms. The second-order valence-corrected chi connectivity index (χ2v) is 3.51. The fraction of sp³-hybridized carbons (Fsp3) is 0.300. The van der Waals surface area contributed by atoms with Crippen LogP contribution in [0.5, 0.6) is 0 Å². The van der Waals surface area contributed by atoms with Crippen molar-refractivity contribution >= 4 is 5.84 Å². The molecule has 0 aliphatic rings. The van der Waals surface area contributed by atoms with Gasteiger partial charge in [-0.15, -0.1) is 5.10 Å². The zero-order chi connectivity index (χ0) is 11.4. The summed E-state index contributed by atoms with van der Waals surface area (Å²) in [6.45, 7) is 3.92. The molecule has 1 rings (SSSR count). The Hall–Kier alpha value is -1.62. The van der Waals surface area contributed by atoms with E-state index in [1.165, 1.54) is 12.1 Å². The zero-order valence-electron chi connectivity index (χ0n) is 8.79. The monoisotopic (exact) mass is 210 g/mol. The minimum absolute atomic E-state index is 0.169. The van der Waals surface area contributed by atoms with E-state index in [1.807, 2.05) is 13.8 Å². The Morgan fingerprint density at radius 2 is 2.13 bits per heavy atom. The third kappa shape index (κ3) is 2.66. The van der Waals surface area contributed by atoms with Crippen LogP contribution in [0.4, 0.5) is 4.39 Å². The van der Waals surface area contributed by atoms with Crippen molar-refractivity contribution in [1.29, 1.82) is 0 Å². The molecular formula is C10H15FN4. The summed E-state index contributed by atoms with van der Waals surface area (Å²) in [5.74, 6) is 5.17. The first-order valence-electron chi connectivity index (χ1n) is 4.64. The molecule has 1 aromatic carbocycles. The van der Waals surface area contributed by atoms with Gasteiger partial charge in [0.2, 0.25) is 0 Å². The molecule has 15 heavy (non-hydrogen) atoms. The Balaban J connectivity index is 3.22. The SMILES string of the molecule is CC(C)c1cc(F)ccc1/C(N)=N/NN. The van der Waals surface area contributed by atoms with Gasteiger partial charge >= 0.3 is 0 Å². The van der Waals surface area contributed by atoms with Crippen LogP contribution in [0.3, 0.4) is 0 Å². The van der Waals surface area contributed by atoms with E-state index < -0.39 is 0 Å². The summed E-state index contributed by atoms with van der Waals surface area (Å²) in [5, 5.41) is 3.67. The Labute approximate surface area is 88.1 Å². The molecule has 1 aromatic rings. The summed E-state index contributed by atoms with van der Waals surface area (Å²) in [7, 11) is 0. The Morgan fingerprint density at radius 3 is 2.67 bits per heavy atom. The lowest BCUT2D eigenvalue weighted by Crippen LogP contribution is -2.24. The van der Waals surface area contributed by atoms with Gasteiger partial charge in [0.15, 0.2) is 5.84 Å². The van der Waals surface area contributed by atoms with Crippen molar-refractivity contribution in [2.24, 2.45) is 16.7 Å². The highest BCUT2D eigenvalue weighted by Crippen LogP contribution is 2.20. The van der Waals surface area contributed by atoms with Crippen molar-refractivity contribution in [3.63, 3.8) is 0 Å². The highest BCUT2D eigenvalue weighted by molar-refractivity contribution is 5.98. The maximum Gasteiger partial charge on any atom is 0.152 e. The van der Waals surface area contributed by atoms with Crippen LogP contribution in [0.1, 0.15) is 30.9 Å². The Kier molecular flexibility index (Phi) is 3.62. The van der Waals surface area contributed by atoms with Crippen LogP contribution < -0.4 is 17.1 Å². The molecular weight excluding hydrogens is 195 g/mol. The smallest absolute Gasteiger partial charge is 0.152 e. The van der Waals surface area contributed by atoms with Crippen LogP contribution in [0.25, 0.3) is 0 Å². The van der Waals surface area contributed by atoms with E-state index in [0.29, 0.717) is 5.56 Å². The number of hydrogen-bond donors (Lipinski definition) is 3. The molecule has 0 unspecified atom stereocenters. The van der Waals surface area contributed by atoms with Crippen LogP contribution in [0, 0.1) is 5.82 Å². The molecule has 82 valence electrons. The maximum atomic E-state index is 13.0. The van der Waals surface area contributed by atoms with Gasteiger partial charge in [-0.25, -0.2) is 15.8 Å². The summed E-state index contributed by atoms with van der Waals surface area (Å²) in [6, 6.07) is 4.40. The molecule has 0 fully saturated rings. The van der Waals surface area contributed by atoms with Crippen molar-refractivity contribution in [2.45, 2.75) is 19.8 Å². The minimum Gasteiger partial charge on any atom is -0.382 e. The number of nitrogens with two attached hydrogens (primary N) is 2. The summed E-state index contributed by atoms with van der Waals surface area (Å²) >= 11 is 0. The molecule has 0 aliphatic carbocycles. The van der Waals surface area contributed by atoms with Crippen molar-refractivity contribution in [3.8, 4) is 0 Å². The summed E-state index contributed by atoms with van der Waals surface area (Å²) in [6.07, 6.45) is 0. The van der Waals surface area contributed by atoms with E-state index in [9.17, 15) is 4.39 Å². The van der Waals surface area contributed by atoms with Crippen molar-refractivity contribution < 1.29 is 4.39 Å². The lowest BCUT2D eigenvalue weighted by atomic mass is 9.96. The predicted octanol–water partition coefficient (Wildman–Crippen LogP) is 1.03. The topological polar surface area (TPSA) is 76.4 Å². The highest BCUT2D eigenvalue weighted by atomic mass is 19.1. The Bertz CT molecular complexity index is 374. The third-order valence-electron chi connectivity index (χ3n) is 2.10. The van der Waals surface area contributed by atoms with Gasteiger partial charge in [-0.1, -0.05) is 13.8 Å². The second-order valence-electron chi connectivity index (χ2n) is 3.51. The minimum atomic E-state index is -0.282. The molecule has 0 radical (unpaired) electrons. The van der Waals surface area contributed by atoms with Gasteiger partial charge in [0.05, 0.1) is 0 Å². The quantitative estimate of drug-likeness (QED) is 0.302. The summed E-state index contributed by atoms with van der Waals surface area (Å²) < 4.78 is 13.0. The first-order valence-corrected chi connectivity index (χ1v) is 4.64. The zero-order valence-corrected chi connectivity index (χ0v) is 8.79. The van der Waals surface area contributed by atoms with Gasteiger partial charge in [-0.2, -0.15) is 0 Å². The summed E-state index contributed by atoms with van der Waals surface area (Å²) in [5.41, 5.74) is 9.31. The molecule has 5 heteroatoms. The van der Waals surface area contributed by atoms with Crippen LogP contribution in [-0.4, -0.2) is 5.84 Å². The third-order valence-corrected chi connectivity index (χ3v) is 2.10. The fourth-order valence-electron chi connectivity index (χ4n) is 1.37. The number of rotatable bonds is 3. The number of hydrogen-bond acceptors (Lipinski definition) is 3. The van der Waals surface area contributed by atoms with E-state index in [-0.39, 0.29) is 17.6 Å². The first kappa shape index (κ1) is 11.5. The number of halogens is 1. The number of hydrazine groups is 1. The number of nitrogens with zero attached hydrogens (tertiary/aromatic N) is 1. The number of hydrazone groups is 1. The number of nitrogens with one attached hydrogen (secondary N) is 1.